The van der Waals surface area contributed by atoms with Crippen molar-refractivity contribution in [2.45, 2.75) is 13.1 Å². The lowest BCUT2D eigenvalue weighted by atomic mass is 10.2. The first-order valence-electron chi connectivity index (χ1n) is 4.38. The summed E-state index contributed by atoms with van der Waals surface area (Å²) >= 11 is 0. The van der Waals surface area contributed by atoms with Crippen molar-refractivity contribution < 1.29 is 4.42 Å². The molecule has 0 amide bonds. The zero-order valence-electron chi connectivity index (χ0n) is 7.92. The molecule has 0 saturated heterocycles. The van der Waals surface area contributed by atoms with Crippen LogP contribution in [0.3, 0.4) is 0 Å². The number of rotatable bonds is 3. The Kier molecular flexibility index (Phi) is 2.48. The van der Waals surface area contributed by atoms with Crippen LogP contribution in [0.4, 0.5) is 0 Å². The van der Waals surface area contributed by atoms with Gasteiger partial charge < -0.3 is 10.2 Å². The maximum Gasteiger partial charge on any atom is 0.252 e. The van der Waals surface area contributed by atoms with E-state index in [1.54, 1.807) is 10.9 Å². The first-order chi connectivity index (χ1) is 7.33. The van der Waals surface area contributed by atoms with Crippen LogP contribution in [0.5, 0.6) is 0 Å². The highest BCUT2D eigenvalue weighted by Gasteiger charge is 2.06. The lowest BCUT2D eigenvalue weighted by Crippen LogP contribution is -2.04. The summed E-state index contributed by atoms with van der Waals surface area (Å²) < 4.78 is 6.74. The van der Waals surface area contributed by atoms with Gasteiger partial charge in [0.2, 0.25) is 0 Å². The van der Waals surface area contributed by atoms with E-state index in [0.29, 0.717) is 13.1 Å². The molecule has 2 aromatic rings. The van der Waals surface area contributed by atoms with Gasteiger partial charge in [0.25, 0.3) is 5.82 Å². The van der Waals surface area contributed by atoms with Crippen LogP contribution >= 0.6 is 0 Å². The Labute approximate surface area is 85.9 Å². The van der Waals surface area contributed by atoms with Gasteiger partial charge >= 0.3 is 0 Å². The van der Waals surface area contributed by atoms with E-state index in [0.717, 1.165) is 11.3 Å². The summed E-state index contributed by atoms with van der Waals surface area (Å²) in [6.45, 7) is 0.861. The molecular formula is C9H9N5O. The Hall–Kier alpha value is -2.13. The summed E-state index contributed by atoms with van der Waals surface area (Å²) in [5, 5.41) is 12.5. The van der Waals surface area contributed by atoms with Gasteiger partial charge in [0.1, 0.15) is 18.2 Å². The molecule has 2 heterocycles. The third-order valence-electron chi connectivity index (χ3n) is 1.99. The van der Waals surface area contributed by atoms with E-state index in [-0.39, 0.29) is 5.82 Å². The number of furan rings is 1. The number of nitrogens with two attached hydrogens (primary N) is 1. The zero-order valence-corrected chi connectivity index (χ0v) is 7.92. The molecule has 0 fully saturated rings. The quantitative estimate of drug-likeness (QED) is 0.771. The zero-order chi connectivity index (χ0) is 10.7. The standard InChI is InChI=1S/C9H9N5O/c10-3-8-7(1-2-15-8)5-14-6-12-9(4-11)13-14/h1-2,6H,3,5,10H2. The minimum absolute atomic E-state index is 0.160. The molecule has 0 bridgehead atoms. The van der Waals surface area contributed by atoms with Crippen LogP contribution in [-0.2, 0) is 13.1 Å². The molecule has 0 aromatic carbocycles. The van der Waals surface area contributed by atoms with Crippen LogP contribution in [0, 0.1) is 11.3 Å². The van der Waals surface area contributed by atoms with Gasteiger partial charge in [0, 0.05) is 5.56 Å². The van der Waals surface area contributed by atoms with Crippen molar-refractivity contribution in [3.05, 3.63) is 35.8 Å². The first-order valence-corrected chi connectivity index (χ1v) is 4.38. The number of hydrogen-bond donors (Lipinski definition) is 1. The highest BCUT2D eigenvalue weighted by atomic mass is 16.3. The molecule has 0 unspecified atom stereocenters. The summed E-state index contributed by atoms with van der Waals surface area (Å²) in [6.07, 6.45) is 3.09. The molecule has 0 aliphatic rings. The van der Waals surface area contributed by atoms with Gasteiger partial charge in [0.05, 0.1) is 19.4 Å². The third kappa shape index (κ3) is 1.87. The number of aromatic nitrogens is 3. The van der Waals surface area contributed by atoms with Gasteiger partial charge in [0.15, 0.2) is 0 Å². The average Bonchev–Trinajstić information content (AvgIpc) is 2.87. The normalized spacial score (nSPS) is 10.1. The fraction of sp³-hybridized carbons (Fsp3) is 0.222. The van der Waals surface area contributed by atoms with E-state index in [2.05, 4.69) is 10.1 Å². The SMILES string of the molecule is N#Cc1ncn(Cc2ccoc2CN)n1. The Morgan fingerprint density at radius 1 is 1.60 bits per heavy atom. The number of nitriles is 1. The second-order valence-electron chi connectivity index (χ2n) is 2.95. The molecule has 15 heavy (non-hydrogen) atoms. The maximum absolute atomic E-state index is 8.55. The van der Waals surface area contributed by atoms with Gasteiger partial charge in [-0.05, 0) is 6.07 Å². The summed E-state index contributed by atoms with van der Waals surface area (Å²) in [7, 11) is 0. The Balaban J connectivity index is 2.18. The smallest absolute Gasteiger partial charge is 0.252 e. The molecule has 0 aliphatic heterocycles. The highest BCUT2D eigenvalue weighted by Crippen LogP contribution is 2.10. The predicted molar refractivity (Wildman–Crippen MR) is 50.4 cm³/mol. The highest BCUT2D eigenvalue weighted by molar-refractivity contribution is 5.17. The fourth-order valence-corrected chi connectivity index (χ4v) is 1.28. The topological polar surface area (TPSA) is 93.7 Å². The van der Waals surface area contributed by atoms with E-state index >= 15 is 0 Å². The van der Waals surface area contributed by atoms with Crippen LogP contribution < -0.4 is 5.73 Å². The minimum Gasteiger partial charge on any atom is -0.468 e. The lowest BCUT2D eigenvalue weighted by molar-refractivity contribution is 0.503. The summed E-state index contributed by atoms with van der Waals surface area (Å²) in [5.74, 6) is 0.886. The van der Waals surface area contributed by atoms with Crippen LogP contribution in [0.2, 0.25) is 0 Å². The van der Waals surface area contributed by atoms with E-state index in [1.165, 1.54) is 6.33 Å². The van der Waals surface area contributed by atoms with Crippen molar-refractivity contribution >= 4 is 0 Å². The second kappa shape index (κ2) is 3.94. The molecule has 2 N–H and O–H groups in total. The number of nitrogens with zero attached hydrogens (tertiary/aromatic N) is 4. The molecule has 2 aromatic heterocycles. The van der Waals surface area contributed by atoms with Gasteiger partial charge in [-0.2, -0.15) is 5.26 Å². The van der Waals surface area contributed by atoms with E-state index < -0.39 is 0 Å². The average molecular weight is 203 g/mol. The maximum atomic E-state index is 8.55. The number of hydrogen-bond acceptors (Lipinski definition) is 5. The Morgan fingerprint density at radius 3 is 3.13 bits per heavy atom. The molecule has 0 radical (unpaired) electrons. The third-order valence-corrected chi connectivity index (χ3v) is 1.99. The predicted octanol–water partition coefficient (Wildman–Crippen LogP) is 0.250. The van der Waals surface area contributed by atoms with Gasteiger partial charge in [-0.3, -0.25) is 0 Å². The first kappa shape index (κ1) is 9.43. The van der Waals surface area contributed by atoms with Crippen molar-refractivity contribution in [1.82, 2.24) is 14.8 Å². The second-order valence-corrected chi connectivity index (χ2v) is 2.95. The minimum atomic E-state index is 0.160. The van der Waals surface area contributed by atoms with Crippen LogP contribution in [-0.4, -0.2) is 14.8 Å². The Morgan fingerprint density at radius 2 is 2.47 bits per heavy atom. The monoisotopic (exact) mass is 203 g/mol. The van der Waals surface area contributed by atoms with Gasteiger partial charge in [-0.1, -0.05) is 0 Å². The van der Waals surface area contributed by atoms with Crippen molar-refractivity contribution in [3.63, 3.8) is 0 Å². The largest absolute Gasteiger partial charge is 0.468 e. The summed E-state index contributed by atoms with van der Waals surface area (Å²) in [5.41, 5.74) is 6.44. The molecule has 0 atom stereocenters. The molecule has 76 valence electrons. The van der Waals surface area contributed by atoms with Crippen molar-refractivity contribution in [2.24, 2.45) is 5.73 Å². The van der Waals surface area contributed by atoms with Crippen molar-refractivity contribution in [3.8, 4) is 6.07 Å². The van der Waals surface area contributed by atoms with Crippen molar-refractivity contribution in [1.29, 1.82) is 5.26 Å². The van der Waals surface area contributed by atoms with E-state index in [1.807, 2.05) is 12.1 Å². The fourth-order valence-electron chi connectivity index (χ4n) is 1.28. The summed E-state index contributed by atoms with van der Waals surface area (Å²) in [6, 6.07) is 3.69. The molecule has 2 rings (SSSR count). The van der Waals surface area contributed by atoms with Crippen LogP contribution in [0.1, 0.15) is 17.1 Å². The molecule has 0 saturated carbocycles. The van der Waals surface area contributed by atoms with Gasteiger partial charge in [-0.15, -0.1) is 5.10 Å². The molecule has 0 spiro atoms. The molecular weight excluding hydrogens is 194 g/mol. The van der Waals surface area contributed by atoms with Crippen LogP contribution in [0.15, 0.2) is 23.1 Å². The van der Waals surface area contributed by atoms with E-state index in [4.69, 9.17) is 15.4 Å². The Bertz CT molecular complexity index is 493. The van der Waals surface area contributed by atoms with E-state index in [9.17, 15) is 0 Å². The molecule has 6 nitrogen and oxygen atoms in total. The van der Waals surface area contributed by atoms with Gasteiger partial charge in [-0.25, -0.2) is 9.67 Å². The van der Waals surface area contributed by atoms with Crippen LogP contribution in [0.25, 0.3) is 0 Å². The van der Waals surface area contributed by atoms with Crippen molar-refractivity contribution in [2.75, 3.05) is 0 Å². The molecule has 6 heteroatoms. The lowest BCUT2D eigenvalue weighted by Gasteiger charge is -1.99. The summed E-state index contributed by atoms with van der Waals surface area (Å²) in [4.78, 5) is 3.80. The molecule has 0 aliphatic carbocycles.